The lowest BCUT2D eigenvalue weighted by atomic mass is 10.2. The summed E-state index contributed by atoms with van der Waals surface area (Å²) in [6.45, 7) is 0. The van der Waals surface area contributed by atoms with Crippen molar-refractivity contribution in [2.75, 3.05) is 12.4 Å². The minimum atomic E-state index is -0.595. The number of nitrogens with zero attached hydrogens (tertiary/aromatic N) is 1. The van der Waals surface area contributed by atoms with Gasteiger partial charge in [0.25, 0.3) is 0 Å². The highest BCUT2D eigenvalue weighted by Gasteiger charge is 2.11. The van der Waals surface area contributed by atoms with Gasteiger partial charge in [0.05, 0.1) is 12.8 Å². The maximum Gasteiger partial charge on any atom is 0.417 e. The third-order valence-corrected chi connectivity index (χ3v) is 3.14. The molecule has 1 amide bonds. The van der Waals surface area contributed by atoms with Gasteiger partial charge in [-0.15, -0.1) is 0 Å². The number of ether oxygens (including phenoxy) is 2. The number of anilines is 1. The fraction of sp³-hybridized carbons (Fsp3) is 0.0588. The number of hydrogen-bond donors (Lipinski definition) is 1. The fourth-order valence-electron chi connectivity index (χ4n) is 2.14. The highest BCUT2D eigenvalue weighted by atomic mass is 16.6. The molecule has 0 unspecified atom stereocenters. The van der Waals surface area contributed by atoms with Gasteiger partial charge >= 0.3 is 6.09 Å². The number of pyridine rings is 1. The second-order valence-corrected chi connectivity index (χ2v) is 4.55. The van der Waals surface area contributed by atoms with Crippen molar-refractivity contribution in [3.05, 3.63) is 60.8 Å². The van der Waals surface area contributed by atoms with Crippen LogP contribution in [-0.4, -0.2) is 18.2 Å². The molecule has 0 aliphatic heterocycles. The minimum Gasteiger partial charge on any atom is -0.495 e. The standard InChI is InChI=1S/C17H14N2O3/c1-21-14-9-3-2-8-13(14)19-17(20)22-15-10-4-6-12-7-5-11-18-16(12)15/h2-11H,1H3,(H,19,20). The van der Waals surface area contributed by atoms with Crippen LogP contribution < -0.4 is 14.8 Å². The molecule has 0 radical (unpaired) electrons. The molecule has 0 aliphatic rings. The Hall–Kier alpha value is -3.08. The molecule has 110 valence electrons. The Labute approximate surface area is 127 Å². The Morgan fingerprint density at radius 2 is 1.77 bits per heavy atom. The number of benzene rings is 2. The van der Waals surface area contributed by atoms with Crippen molar-refractivity contribution in [2.24, 2.45) is 0 Å². The number of carbonyl (C=O) groups excluding carboxylic acids is 1. The number of hydrogen-bond acceptors (Lipinski definition) is 4. The first-order valence-corrected chi connectivity index (χ1v) is 6.73. The van der Waals surface area contributed by atoms with Crippen molar-refractivity contribution in [1.82, 2.24) is 4.98 Å². The first kappa shape index (κ1) is 13.9. The zero-order chi connectivity index (χ0) is 15.4. The van der Waals surface area contributed by atoms with Gasteiger partial charge in [0, 0.05) is 11.6 Å². The molecule has 3 rings (SSSR count). The Morgan fingerprint density at radius 3 is 2.64 bits per heavy atom. The van der Waals surface area contributed by atoms with Gasteiger partial charge in [0.15, 0.2) is 5.75 Å². The largest absolute Gasteiger partial charge is 0.495 e. The molecule has 0 saturated carbocycles. The summed E-state index contributed by atoms with van der Waals surface area (Å²) >= 11 is 0. The van der Waals surface area contributed by atoms with E-state index in [-0.39, 0.29) is 0 Å². The lowest BCUT2D eigenvalue weighted by Crippen LogP contribution is -2.17. The summed E-state index contributed by atoms with van der Waals surface area (Å²) < 4.78 is 10.5. The zero-order valence-electron chi connectivity index (χ0n) is 11.9. The van der Waals surface area contributed by atoms with Gasteiger partial charge in [0.2, 0.25) is 0 Å². The molecule has 1 heterocycles. The van der Waals surface area contributed by atoms with E-state index >= 15 is 0 Å². The number of fused-ring (bicyclic) bond motifs is 1. The topological polar surface area (TPSA) is 60.5 Å². The molecule has 0 bridgehead atoms. The van der Waals surface area contributed by atoms with Gasteiger partial charge < -0.3 is 9.47 Å². The number of rotatable bonds is 3. The van der Waals surface area contributed by atoms with Crippen LogP contribution in [0.5, 0.6) is 11.5 Å². The van der Waals surface area contributed by atoms with E-state index in [0.29, 0.717) is 22.7 Å². The first-order valence-electron chi connectivity index (χ1n) is 6.73. The summed E-state index contributed by atoms with van der Waals surface area (Å²) in [4.78, 5) is 16.3. The van der Waals surface area contributed by atoms with Crippen molar-refractivity contribution in [2.45, 2.75) is 0 Å². The van der Waals surface area contributed by atoms with Crippen molar-refractivity contribution in [1.29, 1.82) is 0 Å². The molecule has 0 aliphatic carbocycles. The van der Waals surface area contributed by atoms with Crippen LogP contribution in [0.4, 0.5) is 10.5 Å². The second kappa shape index (κ2) is 6.13. The number of methoxy groups -OCH3 is 1. The van der Waals surface area contributed by atoms with Crippen molar-refractivity contribution in [3.8, 4) is 11.5 Å². The van der Waals surface area contributed by atoms with Crippen LogP contribution in [0.2, 0.25) is 0 Å². The van der Waals surface area contributed by atoms with E-state index in [0.717, 1.165) is 5.39 Å². The van der Waals surface area contributed by atoms with Crippen molar-refractivity contribution < 1.29 is 14.3 Å². The van der Waals surface area contributed by atoms with E-state index in [1.165, 1.54) is 0 Å². The van der Waals surface area contributed by atoms with Gasteiger partial charge in [0.1, 0.15) is 11.3 Å². The maximum atomic E-state index is 12.1. The summed E-state index contributed by atoms with van der Waals surface area (Å²) in [5, 5.41) is 3.57. The number of carbonyl (C=O) groups is 1. The summed E-state index contributed by atoms with van der Waals surface area (Å²) in [6, 6.07) is 16.3. The molecule has 5 nitrogen and oxygen atoms in total. The second-order valence-electron chi connectivity index (χ2n) is 4.55. The summed E-state index contributed by atoms with van der Waals surface area (Å²) in [5.74, 6) is 0.973. The molecule has 2 aromatic carbocycles. The summed E-state index contributed by atoms with van der Waals surface area (Å²) in [7, 11) is 1.54. The number of aromatic nitrogens is 1. The Morgan fingerprint density at radius 1 is 1.00 bits per heavy atom. The Kier molecular flexibility index (Phi) is 3.87. The molecule has 5 heteroatoms. The van der Waals surface area contributed by atoms with Gasteiger partial charge in [-0.1, -0.05) is 30.3 Å². The quantitative estimate of drug-likeness (QED) is 0.797. The SMILES string of the molecule is COc1ccccc1NC(=O)Oc1cccc2cccnc12. The minimum absolute atomic E-state index is 0.408. The lowest BCUT2D eigenvalue weighted by molar-refractivity contribution is 0.215. The molecule has 3 aromatic rings. The van der Waals surface area contributed by atoms with E-state index < -0.39 is 6.09 Å². The summed E-state index contributed by atoms with van der Waals surface area (Å²) in [5.41, 5.74) is 1.18. The molecular weight excluding hydrogens is 280 g/mol. The molecule has 1 aromatic heterocycles. The molecule has 22 heavy (non-hydrogen) atoms. The normalized spacial score (nSPS) is 10.2. The Bertz CT molecular complexity index is 812. The summed E-state index contributed by atoms with van der Waals surface area (Å²) in [6.07, 6.45) is 1.07. The molecule has 0 spiro atoms. The predicted molar refractivity (Wildman–Crippen MR) is 84.4 cm³/mol. The smallest absolute Gasteiger partial charge is 0.417 e. The van der Waals surface area contributed by atoms with Crippen LogP contribution in [0.15, 0.2) is 60.8 Å². The third-order valence-electron chi connectivity index (χ3n) is 3.14. The van der Waals surface area contributed by atoms with E-state index in [1.807, 2.05) is 30.3 Å². The van der Waals surface area contributed by atoms with Crippen LogP contribution in [0, 0.1) is 0 Å². The lowest BCUT2D eigenvalue weighted by Gasteiger charge is -2.11. The van der Waals surface area contributed by atoms with Crippen LogP contribution >= 0.6 is 0 Å². The number of amides is 1. The van der Waals surface area contributed by atoms with Crippen LogP contribution in [-0.2, 0) is 0 Å². The maximum absolute atomic E-state index is 12.1. The van der Waals surface area contributed by atoms with Gasteiger partial charge in [-0.05, 0) is 24.3 Å². The van der Waals surface area contributed by atoms with E-state index in [2.05, 4.69) is 10.3 Å². The third kappa shape index (κ3) is 2.83. The molecule has 0 saturated heterocycles. The van der Waals surface area contributed by atoms with Crippen molar-refractivity contribution >= 4 is 22.7 Å². The van der Waals surface area contributed by atoms with Gasteiger partial charge in [-0.25, -0.2) is 4.79 Å². The van der Waals surface area contributed by atoms with Gasteiger partial charge in [-0.3, -0.25) is 10.3 Å². The average molecular weight is 294 g/mol. The number of nitrogens with one attached hydrogen (secondary N) is 1. The number of para-hydroxylation sites is 3. The van der Waals surface area contributed by atoms with Crippen LogP contribution in [0.1, 0.15) is 0 Å². The zero-order valence-corrected chi connectivity index (χ0v) is 11.9. The Balaban J connectivity index is 1.82. The predicted octanol–water partition coefficient (Wildman–Crippen LogP) is 3.85. The average Bonchev–Trinajstić information content (AvgIpc) is 2.55. The van der Waals surface area contributed by atoms with Crippen LogP contribution in [0.25, 0.3) is 10.9 Å². The molecule has 0 atom stereocenters. The van der Waals surface area contributed by atoms with Crippen LogP contribution in [0.3, 0.4) is 0 Å². The molecule has 0 fully saturated rings. The van der Waals surface area contributed by atoms with Gasteiger partial charge in [-0.2, -0.15) is 0 Å². The van der Waals surface area contributed by atoms with E-state index in [4.69, 9.17) is 9.47 Å². The highest BCUT2D eigenvalue weighted by Crippen LogP contribution is 2.25. The van der Waals surface area contributed by atoms with E-state index in [1.54, 1.807) is 37.6 Å². The van der Waals surface area contributed by atoms with E-state index in [9.17, 15) is 4.79 Å². The monoisotopic (exact) mass is 294 g/mol. The highest BCUT2D eigenvalue weighted by molar-refractivity contribution is 5.92. The van der Waals surface area contributed by atoms with Crippen molar-refractivity contribution in [3.63, 3.8) is 0 Å². The molecular formula is C17H14N2O3. The first-order chi connectivity index (χ1) is 10.8. The fourth-order valence-corrected chi connectivity index (χ4v) is 2.14. The molecule has 1 N–H and O–H groups in total.